The molecule has 0 radical (unpaired) electrons. The number of fused-ring (bicyclic) bond motifs is 1. The predicted molar refractivity (Wildman–Crippen MR) is 46.3 cm³/mol. The fourth-order valence-electron chi connectivity index (χ4n) is 1.45. The van der Waals surface area contributed by atoms with E-state index in [0.717, 1.165) is 5.57 Å². The summed E-state index contributed by atoms with van der Waals surface area (Å²) in [5, 5.41) is 12.2. The normalized spacial score (nSPS) is 29.4. The first-order chi connectivity index (χ1) is 6.25. The molecule has 0 aromatic rings. The molecule has 0 amide bonds. The van der Waals surface area contributed by atoms with Crippen molar-refractivity contribution in [2.75, 3.05) is 0 Å². The summed E-state index contributed by atoms with van der Waals surface area (Å²) in [4.78, 5) is 15.4. The van der Waals surface area contributed by atoms with Crippen LogP contribution in [0.15, 0.2) is 29.0 Å². The number of hydrogen-bond acceptors (Lipinski definition) is 3. The Morgan fingerprint density at radius 3 is 3.31 bits per heavy atom. The molecule has 2 atom stereocenters. The zero-order chi connectivity index (χ0) is 9.26. The monoisotopic (exact) mass is 179 g/mol. The van der Waals surface area contributed by atoms with Gasteiger partial charge in [-0.15, -0.1) is 0 Å². The molecule has 0 bridgehead atoms. The minimum Gasteiger partial charge on any atom is -0.481 e. The van der Waals surface area contributed by atoms with Gasteiger partial charge in [0.1, 0.15) is 0 Å². The van der Waals surface area contributed by atoms with Crippen LogP contribution in [0.1, 0.15) is 6.42 Å². The van der Waals surface area contributed by atoms with E-state index in [4.69, 9.17) is 9.94 Å². The topological polar surface area (TPSA) is 58.9 Å². The standard InChI is InChI=1S/C9H9NO3/c11-9(12)4-6-1-2-8-7(3-6)5-10-13-8/h1-3,5,7-8H,4H2,(H,11,12). The molecule has 1 aliphatic carbocycles. The Bertz CT molecular complexity index is 317. The van der Waals surface area contributed by atoms with Crippen LogP contribution in [0.3, 0.4) is 0 Å². The maximum Gasteiger partial charge on any atom is 0.307 e. The van der Waals surface area contributed by atoms with Gasteiger partial charge >= 0.3 is 5.97 Å². The van der Waals surface area contributed by atoms with Crippen molar-refractivity contribution in [1.29, 1.82) is 0 Å². The molecular weight excluding hydrogens is 170 g/mol. The third-order valence-electron chi connectivity index (χ3n) is 2.06. The van der Waals surface area contributed by atoms with Gasteiger partial charge in [0.05, 0.1) is 18.6 Å². The Morgan fingerprint density at radius 2 is 2.54 bits per heavy atom. The molecule has 4 heteroatoms. The lowest BCUT2D eigenvalue weighted by atomic mass is 9.94. The van der Waals surface area contributed by atoms with Crippen LogP contribution in [0.5, 0.6) is 0 Å². The van der Waals surface area contributed by atoms with Gasteiger partial charge in [0, 0.05) is 0 Å². The van der Waals surface area contributed by atoms with Crippen LogP contribution in [0.4, 0.5) is 0 Å². The van der Waals surface area contributed by atoms with Gasteiger partial charge in [-0.3, -0.25) is 4.79 Å². The highest BCUT2D eigenvalue weighted by atomic mass is 16.6. The zero-order valence-electron chi connectivity index (χ0n) is 6.88. The number of aliphatic carboxylic acids is 1. The highest BCUT2D eigenvalue weighted by molar-refractivity contribution is 5.73. The Hall–Kier alpha value is -1.58. The molecule has 2 aliphatic rings. The first-order valence-corrected chi connectivity index (χ1v) is 4.06. The summed E-state index contributed by atoms with van der Waals surface area (Å²) in [6.45, 7) is 0. The molecule has 68 valence electrons. The van der Waals surface area contributed by atoms with E-state index in [9.17, 15) is 4.79 Å². The van der Waals surface area contributed by atoms with Gasteiger partial charge in [0.15, 0.2) is 6.10 Å². The molecule has 4 nitrogen and oxygen atoms in total. The van der Waals surface area contributed by atoms with Gasteiger partial charge in [0.25, 0.3) is 0 Å². The third kappa shape index (κ3) is 1.61. The second-order valence-electron chi connectivity index (χ2n) is 3.07. The smallest absolute Gasteiger partial charge is 0.307 e. The molecular formula is C9H9NO3. The van der Waals surface area contributed by atoms with Gasteiger partial charge in [-0.25, -0.2) is 0 Å². The number of allylic oxidation sites excluding steroid dienone is 1. The molecule has 2 rings (SSSR count). The molecule has 1 aliphatic heterocycles. The Labute approximate surface area is 75.2 Å². The summed E-state index contributed by atoms with van der Waals surface area (Å²) in [5.41, 5.74) is 0.811. The molecule has 0 saturated heterocycles. The molecule has 0 saturated carbocycles. The Balaban J connectivity index is 2.10. The largest absolute Gasteiger partial charge is 0.481 e. The summed E-state index contributed by atoms with van der Waals surface area (Å²) in [6.07, 6.45) is 7.23. The molecule has 2 unspecified atom stereocenters. The van der Waals surface area contributed by atoms with Gasteiger partial charge in [-0.2, -0.15) is 0 Å². The summed E-state index contributed by atoms with van der Waals surface area (Å²) >= 11 is 0. The lowest BCUT2D eigenvalue weighted by Gasteiger charge is -2.14. The van der Waals surface area contributed by atoms with E-state index in [2.05, 4.69) is 5.16 Å². The predicted octanol–water partition coefficient (Wildman–Crippen LogP) is 0.958. The van der Waals surface area contributed by atoms with Crippen LogP contribution in [-0.4, -0.2) is 23.4 Å². The third-order valence-corrected chi connectivity index (χ3v) is 2.06. The molecule has 0 spiro atoms. The molecule has 1 heterocycles. The van der Waals surface area contributed by atoms with E-state index in [-0.39, 0.29) is 18.4 Å². The van der Waals surface area contributed by atoms with Crippen molar-refractivity contribution in [3.8, 4) is 0 Å². The minimum atomic E-state index is -0.815. The number of rotatable bonds is 2. The molecule has 0 aromatic carbocycles. The zero-order valence-corrected chi connectivity index (χ0v) is 6.88. The Kier molecular flexibility index (Phi) is 1.88. The average molecular weight is 179 g/mol. The van der Waals surface area contributed by atoms with Crippen LogP contribution < -0.4 is 0 Å². The van der Waals surface area contributed by atoms with E-state index < -0.39 is 5.97 Å². The molecule has 1 N–H and O–H groups in total. The van der Waals surface area contributed by atoms with Gasteiger partial charge in [-0.05, 0) is 11.6 Å². The first kappa shape index (κ1) is 8.04. The first-order valence-electron chi connectivity index (χ1n) is 4.06. The Morgan fingerprint density at radius 1 is 1.69 bits per heavy atom. The lowest BCUT2D eigenvalue weighted by Crippen LogP contribution is -2.17. The second kappa shape index (κ2) is 3.05. The maximum absolute atomic E-state index is 10.4. The van der Waals surface area contributed by atoms with Crippen molar-refractivity contribution in [2.24, 2.45) is 11.1 Å². The number of carbonyl (C=O) groups is 1. The van der Waals surface area contributed by atoms with Crippen molar-refractivity contribution in [3.63, 3.8) is 0 Å². The number of hydrogen-bond donors (Lipinski definition) is 1. The maximum atomic E-state index is 10.4. The highest BCUT2D eigenvalue weighted by Gasteiger charge is 2.25. The van der Waals surface area contributed by atoms with Crippen LogP contribution >= 0.6 is 0 Å². The highest BCUT2D eigenvalue weighted by Crippen LogP contribution is 2.24. The fraction of sp³-hybridized carbons (Fsp3) is 0.333. The van der Waals surface area contributed by atoms with Gasteiger partial charge in [0.2, 0.25) is 0 Å². The van der Waals surface area contributed by atoms with E-state index in [1.54, 1.807) is 12.3 Å². The van der Waals surface area contributed by atoms with Crippen LogP contribution in [0, 0.1) is 5.92 Å². The van der Waals surface area contributed by atoms with E-state index in [1.165, 1.54) is 0 Å². The average Bonchev–Trinajstić information content (AvgIpc) is 2.49. The molecule has 0 fully saturated rings. The quantitative estimate of drug-likeness (QED) is 0.686. The van der Waals surface area contributed by atoms with E-state index >= 15 is 0 Å². The second-order valence-corrected chi connectivity index (χ2v) is 3.07. The van der Waals surface area contributed by atoms with Crippen LogP contribution in [0.2, 0.25) is 0 Å². The SMILES string of the molecule is O=C(O)CC1=CC2C=NOC2C=C1. The van der Waals surface area contributed by atoms with E-state index in [0.29, 0.717) is 0 Å². The van der Waals surface area contributed by atoms with Crippen LogP contribution in [-0.2, 0) is 9.63 Å². The van der Waals surface area contributed by atoms with Crippen molar-refractivity contribution in [2.45, 2.75) is 12.5 Å². The fourth-order valence-corrected chi connectivity index (χ4v) is 1.45. The molecule has 0 aromatic heterocycles. The van der Waals surface area contributed by atoms with Crippen LogP contribution in [0.25, 0.3) is 0 Å². The summed E-state index contributed by atoms with van der Waals surface area (Å²) in [7, 11) is 0. The minimum absolute atomic E-state index is 0.0301. The van der Waals surface area contributed by atoms with Crippen molar-refractivity contribution in [3.05, 3.63) is 23.8 Å². The van der Waals surface area contributed by atoms with Gasteiger partial charge in [-0.1, -0.05) is 17.3 Å². The summed E-state index contributed by atoms with van der Waals surface area (Å²) in [5.74, 6) is -0.704. The molecule has 13 heavy (non-hydrogen) atoms. The van der Waals surface area contributed by atoms with E-state index in [1.807, 2.05) is 12.2 Å². The van der Waals surface area contributed by atoms with Crippen molar-refractivity contribution >= 4 is 12.2 Å². The lowest BCUT2D eigenvalue weighted by molar-refractivity contribution is -0.136. The van der Waals surface area contributed by atoms with Crippen molar-refractivity contribution < 1.29 is 14.7 Å². The van der Waals surface area contributed by atoms with Crippen molar-refractivity contribution in [1.82, 2.24) is 0 Å². The summed E-state index contributed by atoms with van der Waals surface area (Å²) in [6, 6.07) is 0. The number of oxime groups is 1. The summed E-state index contributed by atoms with van der Waals surface area (Å²) < 4.78 is 0. The number of carboxylic acid groups (broad SMARTS) is 1. The van der Waals surface area contributed by atoms with Gasteiger partial charge < -0.3 is 9.94 Å². The number of carboxylic acids is 1. The number of nitrogens with zero attached hydrogens (tertiary/aromatic N) is 1.